The van der Waals surface area contributed by atoms with E-state index in [9.17, 15) is 0 Å². The van der Waals surface area contributed by atoms with Gasteiger partial charge >= 0.3 is 0 Å². The molecule has 2 nitrogen and oxygen atoms in total. The smallest absolute Gasteiger partial charge is 0.110 e. The molecule has 1 fully saturated rings. The van der Waals surface area contributed by atoms with Gasteiger partial charge in [0.25, 0.3) is 0 Å². The molecule has 0 N–H and O–H groups in total. The first kappa shape index (κ1) is 12.1. The average molecular weight is 195 g/mol. The minimum atomic E-state index is -0.0854. The van der Waals surface area contributed by atoms with Crippen LogP contribution in [0.5, 0.6) is 0 Å². The first-order valence-electron chi connectivity index (χ1n) is 5.79. The van der Waals surface area contributed by atoms with Gasteiger partial charge in [0, 0.05) is 19.1 Å². The molecule has 0 bridgehead atoms. The van der Waals surface area contributed by atoms with E-state index in [0.717, 1.165) is 32.0 Å². The zero-order valence-corrected chi connectivity index (χ0v) is 9.70. The Hall–Kier alpha value is -0.0151. The number of likely N-dealkylation sites (N-methyl/N-ethyl adjacent to an activating group) is 1. The predicted molar refractivity (Wildman–Crippen MR) is 60.6 cm³/mol. The molecule has 2 radical (unpaired) electrons. The molecule has 0 aliphatic carbocycles. The Kier molecular flexibility index (Phi) is 4.97. The fourth-order valence-electron chi connectivity index (χ4n) is 1.95. The van der Waals surface area contributed by atoms with Crippen molar-refractivity contribution in [2.24, 2.45) is 5.92 Å². The Morgan fingerprint density at radius 3 is 2.71 bits per heavy atom. The number of nitrogens with zero attached hydrogens (tertiary/aromatic N) is 1. The van der Waals surface area contributed by atoms with Crippen LogP contribution in [0.2, 0.25) is 0 Å². The maximum Gasteiger partial charge on any atom is 0.110 e. The summed E-state index contributed by atoms with van der Waals surface area (Å²) in [5.74, 6) is 0.740. The van der Waals surface area contributed by atoms with Crippen molar-refractivity contribution in [2.75, 3.05) is 19.6 Å². The van der Waals surface area contributed by atoms with Crippen LogP contribution in [0.3, 0.4) is 0 Å². The van der Waals surface area contributed by atoms with Crippen LogP contribution in [0.4, 0.5) is 0 Å². The molecule has 0 spiro atoms. The topological polar surface area (TPSA) is 12.5 Å². The highest BCUT2D eigenvalue weighted by molar-refractivity contribution is 6.11. The number of ether oxygens (including phenoxy) is 1. The summed E-state index contributed by atoms with van der Waals surface area (Å²) >= 11 is 0. The monoisotopic (exact) mass is 195 g/mol. The third kappa shape index (κ3) is 3.62. The van der Waals surface area contributed by atoms with Crippen LogP contribution >= 0.6 is 0 Å². The van der Waals surface area contributed by atoms with Gasteiger partial charge in [-0.05, 0) is 18.9 Å². The van der Waals surface area contributed by atoms with Crippen LogP contribution in [-0.2, 0) is 4.74 Å². The maximum atomic E-state index is 5.84. The third-order valence-electron chi connectivity index (χ3n) is 3.08. The van der Waals surface area contributed by atoms with Gasteiger partial charge < -0.3 is 4.74 Å². The third-order valence-corrected chi connectivity index (χ3v) is 3.08. The van der Waals surface area contributed by atoms with E-state index in [4.69, 9.17) is 12.6 Å². The zero-order chi connectivity index (χ0) is 10.6. The molecular formula is C11H22BNO. The Morgan fingerprint density at radius 1 is 1.43 bits per heavy atom. The highest BCUT2D eigenvalue weighted by atomic mass is 16.5. The molecule has 1 aliphatic heterocycles. The van der Waals surface area contributed by atoms with Gasteiger partial charge in [-0.2, -0.15) is 0 Å². The molecule has 3 heteroatoms. The summed E-state index contributed by atoms with van der Waals surface area (Å²) in [6.07, 6.45) is 2.70. The number of rotatable bonds is 4. The summed E-state index contributed by atoms with van der Waals surface area (Å²) in [5, 5.41) is 0. The van der Waals surface area contributed by atoms with Crippen molar-refractivity contribution in [1.29, 1.82) is 0 Å². The second-order valence-electron chi connectivity index (χ2n) is 4.40. The van der Waals surface area contributed by atoms with Gasteiger partial charge in [0.05, 0.1) is 6.10 Å². The summed E-state index contributed by atoms with van der Waals surface area (Å²) in [4.78, 5) is 2.38. The summed E-state index contributed by atoms with van der Waals surface area (Å²) in [6, 6.07) is -0.0854. The molecule has 3 atom stereocenters. The van der Waals surface area contributed by atoms with Crippen molar-refractivity contribution in [2.45, 2.75) is 45.7 Å². The van der Waals surface area contributed by atoms with E-state index in [0.29, 0.717) is 6.10 Å². The normalized spacial score (nSPS) is 31.6. The lowest BCUT2D eigenvalue weighted by Crippen LogP contribution is -2.48. The zero-order valence-electron chi connectivity index (χ0n) is 9.70. The van der Waals surface area contributed by atoms with Crippen LogP contribution in [0.1, 0.15) is 33.6 Å². The Morgan fingerprint density at radius 2 is 2.14 bits per heavy atom. The van der Waals surface area contributed by atoms with E-state index < -0.39 is 0 Å². The van der Waals surface area contributed by atoms with E-state index in [1.54, 1.807) is 0 Å². The van der Waals surface area contributed by atoms with Gasteiger partial charge in [-0.25, -0.2) is 0 Å². The lowest BCUT2D eigenvalue weighted by atomic mass is 9.94. The van der Waals surface area contributed by atoms with Crippen molar-refractivity contribution in [3.05, 3.63) is 0 Å². The summed E-state index contributed by atoms with van der Waals surface area (Å²) < 4.78 is 5.73. The molecule has 0 saturated carbocycles. The molecule has 3 unspecified atom stereocenters. The molecule has 14 heavy (non-hydrogen) atoms. The Labute approximate surface area is 89.4 Å². The maximum absolute atomic E-state index is 5.84. The second-order valence-corrected chi connectivity index (χ2v) is 4.40. The standard InChI is InChI=1S/C11H22BNO/c1-4-9(3)6-10-7-13(5-2)8-11(12)14-10/h9-11H,4-8H2,1-3H3. The predicted octanol–water partition coefficient (Wildman–Crippen LogP) is 1.64. The minimum absolute atomic E-state index is 0.0854. The highest BCUT2D eigenvalue weighted by Crippen LogP contribution is 2.18. The molecule has 80 valence electrons. The highest BCUT2D eigenvalue weighted by Gasteiger charge is 2.24. The Balaban J connectivity index is 2.37. The van der Waals surface area contributed by atoms with E-state index >= 15 is 0 Å². The van der Waals surface area contributed by atoms with Crippen molar-refractivity contribution in [3.63, 3.8) is 0 Å². The van der Waals surface area contributed by atoms with Crippen LogP contribution in [0.25, 0.3) is 0 Å². The number of hydrogen-bond acceptors (Lipinski definition) is 2. The van der Waals surface area contributed by atoms with Gasteiger partial charge in [-0.3, -0.25) is 4.90 Å². The lowest BCUT2D eigenvalue weighted by Gasteiger charge is -2.37. The largest absolute Gasteiger partial charge is 0.382 e. The van der Waals surface area contributed by atoms with Crippen LogP contribution in [-0.4, -0.2) is 44.5 Å². The second kappa shape index (κ2) is 5.77. The van der Waals surface area contributed by atoms with Crippen LogP contribution < -0.4 is 0 Å². The van der Waals surface area contributed by atoms with Gasteiger partial charge in [-0.1, -0.05) is 27.2 Å². The van der Waals surface area contributed by atoms with Crippen LogP contribution in [0, 0.1) is 5.92 Å². The number of hydrogen-bond donors (Lipinski definition) is 0. The minimum Gasteiger partial charge on any atom is -0.382 e. The fraction of sp³-hybridized carbons (Fsp3) is 1.00. The average Bonchev–Trinajstić information content (AvgIpc) is 2.16. The Bertz CT molecular complexity index is 163. The fourth-order valence-corrected chi connectivity index (χ4v) is 1.95. The molecule has 1 rings (SSSR count). The quantitative estimate of drug-likeness (QED) is 0.632. The molecule has 0 aromatic carbocycles. The molecule has 1 aliphatic rings. The lowest BCUT2D eigenvalue weighted by molar-refractivity contribution is -0.0569. The van der Waals surface area contributed by atoms with Crippen LogP contribution in [0.15, 0.2) is 0 Å². The van der Waals surface area contributed by atoms with E-state index in [2.05, 4.69) is 25.7 Å². The first-order valence-corrected chi connectivity index (χ1v) is 5.79. The summed E-state index contributed by atoms with van der Waals surface area (Å²) in [5.41, 5.74) is 0. The molecule has 0 amide bonds. The van der Waals surface area contributed by atoms with Gasteiger partial charge in [0.2, 0.25) is 0 Å². The van der Waals surface area contributed by atoms with Crippen molar-refractivity contribution in [1.82, 2.24) is 4.90 Å². The van der Waals surface area contributed by atoms with Gasteiger partial charge in [-0.15, -0.1) is 0 Å². The molecule has 0 aromatic rings. The molecular weight excluding hydrogens is 173 g/mol. The van der Waals surface area contributed by atoms with Crippen molar-refractivity contribution in [3.8, 4) is 0 Å². The number of morpholine rings is 1. The van der Waals surface area contributed by atoms with Gasteiger partial charge in [0.1, 0.15) is 7.85 Å². The van der Waals surface area contributed by atoms with Gasteiger partial charge in [0.15, 0.2) is 0 Å². The molecule has 1 heterocycles. The van der Waals surface area contributed by atoms with E-state index in [-0.39, 0.29) is 6.00 Å². The first-order chi connectivity index (χ1) is 6.65. The van der Waals surface area contributed by atoms with Crippen molar-refractivity contribution >= 4 is 7.85 Å². The molecule has 1 saturated heterocycles. The summed E-state index contributed by atoms with van der Waals surface area (Å²) in [7, 11) is 5.84. The molecule has 0 aromatic heterocycles. The van der Waals surface area contributed by atoms with E-state index in [1.807, 2.05) is 0 Å². The SMILES string of the molecule is [B]C1CN(CC)CC(CC(C)CC)O1. The van der Waals surface area contributed by atoms with Crippen molar-refractivity contribution < 1.29 is 4.74 Å². The summed E-state index contributed by atoms with van der Waals surface area (Å²) in [6.45, 7) is 9.69. The van der Waals surface area contributed by atoms with E-state index in [1.165, 1.54) is 6.42 Å².